The molecule has 3 nitrogen and oxygen atoms in total. The van der Waals surface area contributed by atoms with Crippen LogP contribution in [0.15, 0.2) is 42.2 Å². The average molecular weight is 379 g/mol. The molecule has 4 N–H and O–H groups in total. The summed E-state index contributed by atoms with van der Waals surface area (Å²) in [4.78, 5) is 0. The van der Waals surface area contributed by atoms with Gasteiger partial charge in [0.2, 0.25) is 0 Å². The Hall–Kier alpha value is -2.12. The van der Waals surface area contributed by atoms with E-state index in [2.05, 4.69) is 76.0 Å². The van der Waals surface area contributed by atoms with Crippen LogP contribution in [0.3, 0.4) is 0 Å². The monoisotopic (exact) mass is 379 g/mol. The van der Waals surface area contributed by atoms with Crippen LogP contribution in [0.2, 0.25) is 6.82 Å². The maximum atomic E-state index is 5.75. The lowest BCUT2D eigenvalue weighted by atomic mass is 9.66. The van der Waals surface area contributed by atoms with Gasteiger partial charge in [0.1, 0.15) is 0 Å². The van der Waals surface area contributed by atoms with Crippen molar-refractivity contribution in [2.24, 2.45) is 11.3 Å². The van der Waals surface area contributed by atoms with Crippen LogP contribution in [0.4, 0.5) is 0 Å². The van der Waals surface area contributed by atoms with Crippen molar-refractivity contribution >= 4 is 12.7 Å². The molecule has 28 heavy (non-hydrogen) atoms. The van der Waals surface area contributed by atoms with Crippen molar-refractivity contribution in [2.45, 2.75) is 66.1 Å². The summed E-state index contributed by atoms with van der Waals surface area (Å²) in [6, 6.07) is 6.91. The SMILES string of the molecule is C#CC(=C)C(C)(C)C(CC/C(=C/NCCC)NN)c1ccc(BC)c(CC)c1. The van der Waals surface area contributed by atoms with Crippen molar-refractivity contribution in [3.05, 3.63) is 53.4 Å². The number of nitrogens with one attached hydrogen (secondary N) is 2. The molecule has 1 atom stereocenters. The third-order valence-corrected chi connectivity index (χ3v) is 5.78. The zero-order chi connectivity index (χ0) is 21.2. The van der Waals surface area contributed by atoms with E-state index in [1.165, 1.54) is 16.6 Å². The highest BCUT2D eigenvalue weighted by Crippen LogP contribution is 2.44. The second-order valence-electron chi connectivity index (χ2n) is 7.94. The zero-order valence-corrected chi connectivity index (χ0v) is 18.5. The van der Waals surface area contributed by atoms with Gasteiger partial charge in [-0.15, -0.1) is 6.42 Å². The Morgan fingerprint density at radius 1 is 1.39 bits per heavy atom. The fraction of sp³-hybridized carbons (Fsp3) is 0.500. The maximum absolute atomic E-state index is 5.75. The lowest BCUT2D eigenvalue weighted by Crippen LogP contribution is -2.28. The molecule has 0 saturated heterocycles. The first-order chi connectivity index (χ1) is 13.3. The molecule has 1 aromatic rings. The van der Waals surface area contributed by atoms with Crippen LogP contribution in [0.25, 0.3) is 0 Å². The van der Waals surface area contributed by atoms with Gasteiger partial charge in [-0.05, 0) is 37.2 Å². The molecule has 0 saturated carbocycles. The van der Waals surface area contributed by atoms with Crippen LogP contribution < -0.4 is 22.0 Å². The van der Waals surface area contributed by atoms with Gasteiger partial charge in [-0.1, -0.05) is 76.2 Å². The van der Waals surface area contributed by atoms with Gasteiger partial charge in [0.25, 0.3) is 0 Å². The number of hydrazine groups is 1. The number of aryl methyl sites for hydroxylation is 1. The van der Waals surface area contributed by atoms with Crippen molar-refractivity contribution < 1.29 is 0 Å². The van der Waals surface area contributed by atoms with Crippen LogP contribution in [0.5, 0.6) is 0 Å². The molecule has 0 aliphatic heterocycles. The Balaban J connectivity index is 3.22. The minimum Gasteiger partial charge on any atom is -0.389 e. The highest BCUT2D eigenvalue weighted by atomic mass is 15.2. The number of nitrogens with two attached hydrogens (primary N) is 1. The fourth-order valence-electron chi connectivity index (χ4n) is 3.70. The third kappa shape index (κ3) is 6.21. The highest BCUT2D eigenvalue weighted by Gasteiger charge is 2.33. The predicted molar refractivity (Wildman–Crippen MR) is 126 cm³/mol. The molecule has 0 aromatic heterocycles. The van der Waals surface area contributed by atoms with E-state index < -0.39 is 0 Å². The lowest BCUT2D eigenvalue weighted by molar-refractivity contribution is 0.338. The van der Waals surface area contributed by atoms with Gasteiger partial charge in [0.15, 0.2) is 7.28 Å². The van der Waals surface area contributed by atoms with E-state index >= 15 is 0 Å². The molecule has 0 spiro atoms. The summed E-state index contributed by atoms with van der Waals surface area (Å²) in [5.74, 6) is 8.80. The summed E-state index contributed by atoms with van der Waals surface area (Å²) in [5.41, 5.74) is 8.65. The van der Waals surface area contributed by atoms with Gasteiger partial charge in [-0.3, -0.25) is 5.84 Å². The Morgan fingerprint density at radius 2 is 2.11 bits per heavy atom. The third-order valence-electron chi connectivity index (χ3n) is 5.78. The first-order valence-corrected chi connectivity index (χ1v) is 10.5. The molecule has 0 aliphatic carbocycles. The van der Waals surface area contributed by atoms with Crippen molar-refractivity contribution in [1.29, 1.82) is 0 Å². The quantitative estimate of drug-likeness (QED) is 0.170. The van der Waals surface area contributed by atoms with Crippen LogP contribution in [0.1, 0.15) is 64.0 Å². The summed E-state index contributed by atoms with van der Waals surface area (Å²) in [6.07, 6.45) is 11.6. The number of hydrogen-bond donors (Lipinski definition) is 3. The smallest absolute Gasteiger partial charge is 0.154 e. The molecule has 1 unspecified atom stereocenters. The molecule has 1 aromatic carbocycles. The van der Waals surface area contributed by atoms with Gasteiger partial charge < -0.3 is 10.7 Å². The Morgan fingerprint density at radius 3 is 2.64 bits per heavy atom. The zero-order valence-electron chi connectivity index (χ0n) is 18.5. The van der Waals surface area contributed by atoms with E-state index in [1.807, 2.05) is 6.20 Å². The summed E-state index contributed by atoms with van der Waals surface area (Å²) < 4.78 is 0. The number of hydrogen-bond acceptors (Lipinski definition) is 3. The Bertz CT molecular complexity index is 713. The minimum absolute atomic E-state index is 0.204. The molecule has 1 rings (SSSR count). The summed E-state index contributed by atoms with van der Waals surface area (Å²) in [6.45, 7) is 16.1. The molecular formula is C24H38BN3. The molecule has 0 amide bonds. The second kappa shape index (κ2) is 11.7. The average Bonchev–Trinajstić information content (AvgIpc) is 2.71. The Labute approximate surface area is 173 Å². The van der Waals surface area contributed by atoms with Gasteiger partial charge in [0.05, 0.1) is 0 Å². The summed E-state index contributed by atoms with van der Waals surface area (Å²) in [7, 11) is 1.06. The number of terminal acetylenes is 1. The van der Waals surface area contributed by atoms with E-state index in [1.54, 1.807) is 0 Å². The Kier molecular flexibility index (Phi) is 9.97. The minimum atomic E-state index is -0.204. The second-order valence-corrected chi connectivity index (χ2v) is 7.94. The van der Waals surface area contributed by atoms with Crippen molar-refractivity contribution in [1.82, 2.24) is 10.7 Å². The van der Waals surface area contributed by atoms with Crippen LogP contribution in [-0.4, -0.2) is 13.8 Å². The van der Waals surface area contributed by atoms with E-state index in [4.69, 9.17) is 12.3 Å². The number of benzene rings is 1. The van der Waals surface area contributed by atoms with E-state index in [-0.39, 0.29) is 11.3 Å². The van der Waals surface area contributed by atoms with Crippen LogP contribution in [-0.2, 0) is 6.42 Å². The van der Waals surface area contributed by atoms with Crippen LogP contribution in [0, 0.1) is 17.8 Å². The number of rotatable bonds is 12. The van der Waals surface area contributed by atoms with Gasteiger partial charge in [-0.25, -0.2) is 0 Å². The topological polar surface area (TPSA) is 50.1 Å². The molecular weight excluding hydrogens is 341 g/mol. The maximum Gasteiger partial charge on any atom is 0.154 e. The van der Waals surface area contributed by atoms with E-state index in [0.717, 1.165) is 50.8 Å². The van der Waals surface area contributed by atoms with E-state index in [0.29, 0.717) is 0 Å². The molecule has 0 aliphatic rings. The predicted octanol–water partition coefficient (Wildman–Crippen LogP) is 3.74. The summed E-state index contributed by atoms with van der Waals surface area (Å²) >= 11 is 0. The van der Waals surface area contributed by atoms with Gasteiger partial charge in [0, 0.05) is 29.4 Å². The lowest BCUT2D eigenvalue weighted by Gasteiger charge is -2.35. The van der Waals surface area contributed by atoms with Gasteiger partial charge >= 0.3 is 0 Å². The van der Waals surface area contributed by atoms with Crippen molar-refractivity contribution in [2.75, 3.05) is 6.54 Å². The normalized spacial score (nSPS) is 12.8. The largest absolute Gasteiger partial charge is 0.389 e. The van der Waals surface area contributed by atoms with E-state index in [9.17, 15) is 0 Å². The molecule has 152 valence electrons. The first-order valence-electron chi connectivity index (χ1n) is 10.5. The van der Waals surface area contributed by atoms with Gasteiger partial charge in [-0.2, -0.15) is 0 Å². The highest BCUT2D eigenvalue weighted by molar-refractivity contribution is 6.52. The molecule has 4 heteroatoms. The molecule has 0 fully saturated rings. The molecule has 0 bridgehead atoms. The standard InChI is InChI=1S/C24H38BN3/c1-8-15-27-17-21(28-26)12-13-22(24(5,6)18(4)9-2)20-11-14-23(25-7)19(10-3)16-20/h2,11,14,16-17,22,25,27-28H,4,8,10,12-13,15,26H2,1,3,5-7H3/b21-17-. The fourth-order valence-corrected chi connectivity index (χ4v) is 3.70. The summed E-state index contributed by atoms with van der Waals surface area (Å²) in [5, 5.41) is 3.30. The number of allylic oxidation sites excluding steroid dienone is 2. The van der Waals surface area contributed by atoms with Crippen molar-refractivity contribution in [3.63, 3.8) is 0 Å². The molecule has 0 heterocycles. The molecule has 0 radical (unpaired) electrons. The van der Waals surface area contributed by atoms with Crippen molar-refractivity contribution in [3.8, 4) is 12.3 Å². The first kappa shape index (κ1) is 23.9. The van der Waals surface area contributed by atoms with Crippen LogP contribution >= 0.6 is 0 Å².